The SMILES string of the molecule is CCN(C(=O)C1CCOCC1)c1ccc(N)cc1. The van der Waals surface area contributed by atoms with Gasteiger partial charge in [-0.1, -0.05) is 0 Å². The molecule has 0 unspecified atom stereocenters. The number of nitrogen functional groups attached to an aromatic ring is 1. The quantitative estimate of drug-likeness (QED) is 0.833. The summed E-state index contributed by atoms with van der Waals surface area (Å²) in [4.78, 5) is 14.3. The highest BCUT2D eigenvalue weighted by atomic mass is 16.5. The van der Waals surface area contributed by atoms with Crippen molar-refractivity contribution in [3.05, 3.63) is 24.3 Å². The van der Waals surface area contributed by atoms with Crippen LogP contribution in [0.1, 0.15) is 19.8 Å². The highest BCUT2D eigenvalue weighted by Crippen LogP contribution is 2.23. The molecule has 0 atom stereocenters. The molecule has 1 aromatic rings. The van der Waals surface area contributed by atoms with Crippen molar-refractivity contribution in [2.24, 2.45) is 5.92 Å². The van der Waals surface area contributed by atoms with E-state index in [-0.39, 0.29) is 11.8 Å². The first-order valence-corrected chi connectivity index (χ1v) is 6.47. The minimum atomic E-state index is 0.0938. The number of nitrogens with zero attached hydrogens (tertiary/aromatic N) is 1. The van der Waals surface area contributed by atoms with E-state index < -0.39 is 0 Å². The Morgan fingerprint density at radius 1 is 1.33 bits per heavy atom. The zero-order valence-corrected chi connectivity index (χ0v) is 10.8. The van der Waals surface area contributed by atoms with Crippen LogP contribution in [-0.4, -0.2) is 25.7 Å². The molecule has 0 aromatic heterocycles. The van der Waals surface area contributed by atoms with Crippen LogP contribution in [0.3, 0.4) is 0 Å². The van der Waals surface area contributed by atoms with Gasteiger partial charge in [0.2, 0.25) is 5.91 Å². The molecule has 1 heterocycles. The first kappa shape index (κ1) is 12.9. The van der Waals surface area contributed by atoms with E-state index in [0.29, 0.717) is 25.4 Å². The summed E-state index contributed by atoms with van der Waals surface area (Å²) in [5.74, 6) is 0.293. The van der Waals surface area contributed by atoms with E-state index in [1.807, 2.05) is 36.1 Å². The molecule has 0 aliphatic carbocycles. The Kier molecular flexibility index (Phi) is 4.20. The minimum absolute atomic E-state index is 0.0938. The van der Waals surface area contributed by atoms with Crippen LogP contribution in [0, 0.1) is 5.92 Å². The summed E-state index contributed by atoms with van der Waals surface area (Å²) < 4.78 is 5.30. The molecule has 1 amide bonds. The Labute approximate surface area is 108 Å². The van der Waals surface area contributed by atoms with Gasteiger partial charge in [-0.2, -0.15) is 0 Å². The molecule has 0 spiro atoms. The normalized spacial score (nSPS) is 16.5. The molecular formula is C14H20N2O2. The summed E-state index contributed by atoms with van der Waals surface area (Å²) in [6, 6.07) is 7.45. The lowest BCUT2D eigenvalue weighted by molar-refractivity contribution is -0.125. The molecular weight excluding hydrogens is 228 g/mol. The Morgan fingerprint density at radius 3 is 2.50 bits per heavy atom. The van der Waals surface area contributed by atoms with Crippen LogP contribution in [0.2, 0.25) is 0 Å². The van der Waals surface area contributed by atoms with E-state index in [9.17, 15) is 4.79 Å². The van der Waals surface area contributed by atoms with Crippen molar-refractivity contribution in [3.63, 3.8) is 0 Å². The van der Waals surface area contributed by atoms with Crippen molar-refractivity contribution < 1.29 is 9.53 Å². The van der Waals surface area contributed by atoms with Crippen molar-refractivity contribution in [2.45, 2.75) is 19.8 Å². The number of amides is 1. The summed E-state index contributed by atoms with van der Waals surface area (Å²) >= 11 is 0. The van der Waals surface area contributed by atoms with Crippen molar-refractivity contribution in [3.8, 4) is 0 Å². The van der Waals surface area contributed by atoms with Gasteiger partial charge in [-0.15, -0.1) is 0 Å². The van der Waals surface area contributed by atoms with Crippen LogP contribution in [-0.2, 0) is 9.53 Å². The smallest absolute Gasteiger partial charge is 0.230 e. The number of carbonyl (C=O) groups excluding carboxylic acids is 1. The molecule has 98 valence electrons. The maximum atomic E-state index is 12.5. The number of hydrogen-bond donors (Lipinski definition) is 1. The number of rotatable bonds is 3. The number of ether oxygens (including phenoxy) is 1. The van der Waals surface area contributed by atoms with E-state index in [2.05, 4.69) is 0 Å². The molecule has 0 bridgehead atoms. The third kappa shape index (κ3) is 2.82. The van der Waals surface area contributed by atoms with Crippen LogP contribution in [0.15, 0.2) is 24.3 Å². The molecule has 18 heavy (non-hydrogen) atoms. The maximum Gasteiger partial charge on any atom is 0.230 e. The van der Waals surface area contributed by atoms with E-state index >= 15 is 0 Å². The standard InChI is InChI=1S/C14H20N2O2/c1-2-16(13-5-3-12(15)4-6-13)14(17)11-7-9-18-10-8-11/h3-6,11H,2,7-10,15H2,1H3. The fourth-order valence-corrected chi connectivity index (χ4v) is 2.28. The van der Waals surface area contributed by atoms with Gasteiger partial charge in [0.1, 0.15) is 0 Å². The number of hydrogen-bond acceptors (Lipinski definition) is 3. The first-order valence-electron chi connectivity index (χ1n) is 6.47. The molecule has 4 heteroatoms. The van der Waals surface area contributed by atoms with E-state index in [0.717, 1.165) is 18.5 Å². The third-order valence-electron chi connectivity index (χ3n) is 3.36. The predicted octanol–water partition coefficient (Wildman–Crippen LogP) is 2.05. The van der Waals surface area contributed by atoms with Crippen molar-refractivity contribution >= 4 is 17.3 Å². The van der Waals surface area contributed by atoms with Crippen LogP contribution in [0.25, 0.3) is 0 Å². The summed E-state index contributed by atoms with van der Waals surface area (Å²) in [7, 11) is 0. The molecule has 0 saturated carbocycles. The number of nitrogens with two attached hydrogens (primary N) is 1. The van der Waals surface area contributed by atoms with Gasteiger partial charge < -0.3 is 15.4 Å². The molecule has 1 saturated heterocycles. The van der Waals surface area contributed by atoms with Gasteiger partial charge in [-0.05, 0) is 44.0 Å². The second kappa shape index (κ2) is 5.87. The van der Waals surface area contributed by atoms with Gasteiger partial charge in [0.05, 0.1) is 0 Å². The minimum Gasteiger partial charge on any atom is -0.399 e. The lowest BCUT2D eigenvalue weighted by Crippen LogP contribution is -2.38. The fraction of sp³-hybridized carbons (Fsp3) is 0.500. The van der Waals surface area contributed by atoms with Gasteiger partial charge in [0.15, 0.2) is 0 Å². The average molecular weight is 248 g/mol. The monoisotopic (exact) mass is 248 g/mol. The van der Waals surface area contributed by atoms with Gasteiger partial charge in [-0.25, -0.2) is 0 Å². The van der Waals surface area contributed by atoms with Crippen molar-refractivity contribution in [1.82, 2.24) is 0 Å². The maximum absolute atomic E-state index is 12.5. The number of carbonyl (C=O) groups is 1. The van der Waals surface area contributed by atoms with Gasteiger partial charge in [-0.3, -0.25) is 4.79 Å². The lowest BCUT2D eigenvalue weighted by atomic mass is 9.98. The zero-order valence-electron chi connectivity index (χ0n) is 10.8. The number of anilines is 2. The Hall–Kier alpha value is -1.55. The lowest BCUT2D eigenvalue weighted by Gasteiger charge is -2.28. The van der Waals surface area contributed by atoms with Crippen LogP contribution < -0.4 is 10.6 Å². The molecule has 1 aliphatic rings. The Bertz CT molecular complexity index is 397. The average Bonchev–Trinajstić information content (AvgIpc) is 2.42. The fourth-order valence-electron chi connectivity index (χ4n) is 2.28. The van der Waals surface area contributed by atoms with Gasteiger partial charge in [0.25, 0.3) is 0 Å². The molecule has 1 aliphatic heterocycles. The molecule has 1 fully saturated rings. The van der Waals surface area contributed by atoms with E-state index in [4.69, 9.17) is 10.5 Å². The number of benzene rings is 1. The molecule has 1 aromatic carbocycles. The van der Waals surface area contributed by atoms with Crippen molar-refractivity contribution in [2.75, 3.05) is 30.4 Å². The van der Waals surface area contributed by atoms with E-state index in [1.54, 1.807) is 0 Å². The highest BCUT2D eigenvalue weighted by molar-refractivity contribution is 5.95. The Balaban J connectivity index is 2.12. The predicted molar refractivity (Wildman–Crippen MR) is 72.4 cm³/mol. The second-order valence-corrected chi connectivity index (χ2v) is 4.56. The molecule has 0 radical (unpaired) electrons. The van der Waals surface area contributed by atoms with Crippen molar-refractivity contribution in [1.29, 1.82) is 0 Å². The summed E-state index contributed by atoms with van der Waals surface area (Å²) in [5.41, 5.74) is 7.30. The largest absolute Gasteiger partial charge is 0.399 e. The van der Waals surface area contributed by atoms with E-state index in [1.165, 1.54) is 0 Å². The van der Waals surface area contributed by atoms with Gasteiger partial charge in [0, 0.05) is 37.1 Å². The second-order valence-electron chi connectivity index (χ2n) is 4.56. The van der Waals surface area contributed by atoms with Crippen LogP contribution in [0.5, 0.6) is 0 Å². The topological polar surface area (TPSA) is 55.6 Å². The zero-order chi connectivity index (χ0) is 13.0. The van der Waals surface area contributed by atoms with Crippen LogP contribution in [0.4, 0.5) is 11.4 Å². The third-order valence-corrected chi connectivity index (χ3v) is 3.36. The summed E-state index contributed by atoms with van der Waals surface area (Å²) in [5, 5.41) is 0. The summed E-state index contributed by atoms with van der Waals surface area (Å²) in [6.07, 6.45) is 1.65. The highest BCUT2D eigenvalue weighted by Gasteiger charge is 2.26. The first-order chi connectivity index (χ1) is 8.72. The summed E-state index contributed by atoms with van der Waals surface area (Å²) in [6.45, 7) is 4.05. The van der Waals surface area contributed by atoms with Gasteiger partial charge >= 0.3 is 0 Å². The Morgan fingerprint density at radius 2 is 1.94 bits per heavy atom. The molecule has 4 nitrogen and oxygen atoms in total. The molecule has 2 N–H and O–H groups in total. The molecule has 2 rings (SSSR count). The van der Waals surface area contributed by atoms with Crippen LogP contribution >= 0.6 is 0 Å².